The highest BCUT2D eigenvalue weighted by Gasteiger charge is 2.34. The number of methoxy groups -OCH3 is 2. The summed E-state index contributed by atoms with van der Waals surface area (Å²) in [4.78, 5) is 38.1. The summed E-state index contributed by atoms with van der Waals surface area (Å²) >= 11 is 0. The van der Waals surface area contributed by atoms with Gasteiger partial charge in [-0.15, -0.1) is 0 Å². The van der Waals surface area contributed by atoms with E-state index in [0.717, 1.165) is 27.6 Å². The van der Waals surface area contributed by atoms with Crippen LogP contribution in [0.4, 0.5) is 0 Å². The van der Waals surface area contributed by atoms with E-state index in [2.05, 4.69) is 10.1 Å². The molecular weight excluding hydrogens is 518 g/mol. The maximum absolute atomic E-state index is 14.3. The fourth-order valence-corrected chi connectivity index (χ4v) is 4.69. The Balaban J connectivity index is 1.71. The van der Waals surface area contributed by atoms with Gasteiger partial charge in [0.05, 0.1) is 14.2 Å². The Bertz CT molecular complexity index is 1460. The van der Waals surface area contributed by atoms with Gasteiger partial charge in [-0.25, -0.2) is 4.79 Å². The average Bonchev–Trinajstić information content (AvgIpc) is 3.41. The number of esters is 1. The van der Waals surface area contributed by atoms with Crippen molar-refractivity contribution in [3.63, 3.8) is 0 Å². The molecule has 0 aliphatic heterocycles. The van der Waals surface area contributed by atoms with Crippen molar-refractivity contribution in [3.8, 4) is 5.75 Å². The van der Waals surface area contributed by atoms with E-state index < -0.39 is 12.0 Å². The number of aromatic amines is 1. The number of ether oxygens (including phenoxy) is 2. The monoisotopic (exact) mass is 555 g/mol. The van der Waals surface area contributed by atoms with Gasteiger partial charge in [0.15, 0.2) is 0 Å². The smallest absolute Gasteiger partial charge is 0.328 e. The van der Waals surface area contributed by atoms with Crippen molar-refractivity contribution >= 4 is 28.5 Å². The molecule has 0 spiro atoms. The Morgan fingerprint density at radius 3 is 2.29 bits per heavy atom. The SMILES string of the molecule is COC(=O)[C@H](Cc1c[nH]c2ccccc12)N(Cc1ccc(OC)cc1)C(=O)C(CC(C)C)=NOCc1ccccc1. The highest BCUT2D eigenvalue weighted by atomic mass is 16.6. The molecule has 1 atom stereocenters. The molecule has 0 saturated heterocycles. The van der Waals surface area contributed by atoms with Gasteiger partial charge in [-0.1, -0.05) is 79.7 Å². The lowest BCUT2D eigenvalue weighted by Crippen LogP contribution is -2.49. The zero-order valence-electron chi connectivity index (χ0n) is 24.0. The van der Waals surface area contributed by atoms with Crippen LogP contribution in [0.1, 0.15) is 37.0 Å². The maximum Gasteiger partial charge on any atom is 0.328 e. The molecule has 0 saturated carbocycles. The summed E-state index contributed by atoms with van der Waals surface area (Å²) in [6, 6.07) is 24.0. The summed E-state index contributed by atoms with van der Waals surface area (Å²) in [5.74, 6) is -0.0542. The molecule has 0 radical (unpaired) electrons. The number of oxime groups is 1. The van der Waals surface area contributed by atoms with Crippen molar-refractivity contribution < 1.29 is 23.9 Å². The molecule has 0 fully saturated rings. The lowest BCUT2D eigenvalue weighted by molar-refractivity contribution is -0.151. The molecule has 4 aromatic rings. The molecule has 0 unspecified atom stereocenters. The summed E-state index contributed by atoms with van der Waals surface area (Å²) in [5, 5.41) is 5.30. The van der Waals surface area contributed by atoms with Crippen LogP contribution < -0.4 is 4.74 Å². The quantitative estimate of drug-likeness (QED) is 0.126. The van der Waals surface area contributed by atoms with Gasteiger partial charge in [0.25, 0.3) is 5.91 Å². The lowest BCUT2D eigenvalue weighted by atomic mass is 10.0. The van der Waals surface area contributed by atoms with Gasteiger partial charge in [0.1, 0.15) is 24.1 Å². The van der Waals surface area contributed by atoms with E-state index in [4.69, 9.17) is 14.3 Å². The molecule has 0 aliphatic carbocycles. The summed E-state index contributed by atoms with van der Waals surface area (Å²) in [6.07, 6.45) is 2.52. The van der Waals surface area contributed by atoms with Crippen LogP contribution in [0.5, 0.6) is 5.75 Å². The summed E-state index contributed by atoms with van der Waals surface area (Å²) in [6.45, 7) is 4.42. The number of rotatable bonds is 13. The molecule has 1 N–H and O–H groups in total. The topological polar surface area (TPSA) is 93.2 Å². The molecule has 214 valence electrons. The standard InChI is InChI=1S/C33H37N3O5/c1-23(2)18-30(35-41-22-25-10-6-5-7-11-25)32(37)36(21-24-14-16-27(39-3)17-15-24)31(33(38)40-4)19-26-20-34-29-13-9-8-12-28(26)29/h5-17,20,23,31,34H,18-19,21-22H2,1-4H3/t31-/m0/s1. The molecule has 41 heavy (non-hydrogen) atoms. The number of aromatic nitrogens is 1. The second-order valence-corrected chi connectivity index (χ2v) is 10.3. The first-order valence-corrected chi connectivity index (χ1v) is 13.7. The molecule has 8 heteroatoms. The molecule has 1 aromatic heterocycles. The molecule has 8 nitrogen and oxygen atoms in total. The van der Waals surface area contributed by atoms with Gasteiger partial charge < -0.3 is 24.2 Å². The van der Waals surface area contributed by atoms with E-state index in [1.165, 1.54) is 7.11 Å². The summed E-state index contributed by atoms with van der Waals surface area (Å²) < 4.78 is 10.5. The second kappa shape index (κ2) is 14.2. The average molecular weight is 556 g/mol. The Kier molecular flexibility index (Phi) is 10.2. The second-order valence-electron chi connectivity index (χ2n) is 10.3. The maximum atomic E-state index is 14.3. The molecule has 0 bridgehead atoms. The first-order chi connectivity index (χ1) is 19.9. The number of carbonyl (C=O) groups is 2. The minimum atomic E-state index is -0.903. The fraction of sp³-hybridized carbons (Fsp3) is 0.303. The number of hydrogen-bond acceptors (Lipinski definition) is 6. The van der Waals surface area contributed by atoms with Crippen LogP contribution in [0.15, 0.2) is 90.2 Å². The van der Waals surface area contributed by atoms with Crippen molar-refractivity contribution in [3.05, 3.63) is 102 Å². The van der Waals surface area contributed by atoms with Crippen molar-refractivity contribution in [2.75, 3.05) is 14.2 Å². The number of para-hydroxylation sites is 1. The summed E-state index contributed by atoms with van der Waals surface area (Å²) in [7, 11) is 2.94. The normalized spacial score (nSPS) is 12.3. The number of benzene rings is 3. The molecular formula is C33H37N3O5. The number of hydrogen-bond donors (Lipinski definition) is 1. The van der Waals surface area contributed by atoms with Gasteiger partial charge >= 0.3 is 5.97 Å². The van der Waals surface area contributed by atoms with Crippen LogP contribution >= 0.6 is 0 Å². The van der Waals surface area contributed by atoms with Gasteiger partial charge in [0.2, 0.25) is 0 Å². The Hall–Kier alpha value is -4.59. The van der Waals surface area contributed by atoms with Crippen LogP contribution in [-0.4, -0.2) is 47.7 Å². The van der Waals surface area contributed by atoms with Crippen molar-refractivity contribution in [1.29, 1.82) is 0 Å². The predicted octanol–water partition coefficient (Wildman–Crippen LogP) is 5.91. The van der Waals surface area contributed by atoms with E-state index in [1.54, 1.807) is 12.0 Å². The zero-order valence-corrected chi connectivity index (χ0v) is 24.0. The third kappa shape index (κ3) is 7.75. The Morgan fingerprint density at radius 1 is 0.902 bits per heavy atom. The molecule has 1 amide bonds. The number of nitrogens with one attached hydrogen (secondary N) is 1. The Labute approximate surface area is 240 Å². The minimum Gasteiger partial charge on any atom is -0.497 e. The third-order valence-electron chi connectivity index (χ3n) is 6.81. The van der Waals surface area contributed by atoms with Crippen LogP contribution in [0.2, 0.25) is 0 Å². The highest BCUT2D eigenvalue weighted by molar-refractivity contribution is 6.39. The van der Waals surface area contributed by atoms with Gasteiger partial charge in [-0.3, -0.25) is 4.79 Å². The predicted molar refractivity (Wildman–Crippen MR) is 159 cm³/mol. The van der Waals surface area contributed by atoms with Crippen LogP contribution in [0.3, 0.4) is 0 Å². The van der Waals surface area contributed by atoms with Crippen LogP contribution in [-0.2, 0) is 38.7 Å². The lowest BCUT2D eigenvalue weighted by Gasteiger charge is -2.31. The van der Waals surface area contributed by atoms with E-state index >= 15 is 0 Å². The molecule has 4 rings (SSSR count). The van der Waals surface area contributed by atoms with Crippen molar-refractivity contribution in [1.82, 2.24) is 9.88 Å². The number of carbonyl (C=O) groups excluding carboxylic acids is 2. The highest BCUT2D eigenvalue weighted by Crippen LogP contribution is 2.24. The molecule has 0 aliphatic rings. The van der Waals surface area contributed by atoms with Gasteiger partial charge in [0, 0.05) is 36.5 Å². The first-order valence-electron chi connectivity index (χ1n) is 13.7. The number of H-pyrrole nitrogens is 1. The van der Waals surface area contributed by atoms with Crippen LogP contribution in [0.25, 0.3) is 10.9 Å². The number of nitrogens with zero attached hydrogens (tertiary/aromatic N) is 2. The first kappa shape index (κ1) is 29.4. The van der Waals surface area contributed by atoms with E-state index in [9.17, 15) is 9.59 Å². The molecule has 1 heterocycles. The fourth-order valence-electron chi connectivity index (χ4n) is 4.69. The van der Waals surface area contributed by atoms with E-state index in [0.29, 0.717) is 12.2 Å². The summed E-state index contributed by atoms with van der Waals surface area (Å²) in [5.41, 5.74) is 3.88. The van der Waals surface area contributed by atoms with E-state index in [-0.39, 0.29) is 37.1 Å². The van der Waals surface area contributed by atoms with Crippen molar-refractivity contribution in [2.24, 2.45) is 11.1 Å². The van der Waals surface area contributed by atoms with E-state index in [1.807, 2.05) is 98.9 Å². The number of fused-ring (bicyclic) bond motifs is 1. The number of amides is 1. The van der Waals surface area contributed by atoms with Gasteiger partial charge in [-0.05, 0) is 40.8 Å². The largest absolute Gasteiger partial charge is 0.497 e. The zero-order chi connectivity index (χ0) is 29.2. The third-order valence-corrected chi connectivity index (χ3v) is 6.81. The van der Waals surface area contributed by atoms with Gasteiger partial charge in [-0.2, -0.15) is 0 Å². The minimum absolute atomic E-state index is 0.131. The van der Waals surface area contributed by atoms with Crippen LogP contribution in [0, 0.1) is 5.92 Å². The Morgan fingerprint density at radius 2 is 1.61 bits per heavy atom. The van der Waals surface area contributed by atoms with Crippen molar-refractivity contribution in [2.45, 2.75) is 45.9 Å². The molecule has 3 aromatic carbocycles.